The van der Waals surface area contributed by atoms with Crippen LogP contribution in [0.25, 0.3) is 11.1 Å². The van der Waals surface area contributed by atoms with Crippen LogP contribution in [0.2, 0.25) is 5.02 Å². The number of carbonyl (C=O) groups is 2. The van der Waals surface area contributed by atoms with E-state index in [4.69, 9.17) is 21.4 Å². The van der Waals surface area contributed by atoms with Gasteiger partial charge in [-0.3, -0.25) is 4.79 Å². The summed E-state index contributed by atoms with van der Waals surface area (Å²) in [7, 11) is 0. The quantitative estimate of drug-likeness (QED) is 0.513. The van der Waals surface area contributed by atoms with Gasteiger partial charge in [0, 0.05) is 11.6 Å². The molecular formula is C25H24ClNO4. The van der Waals surface area contributed by atoms with Crippen LogP contribution in [0.5, 0.6) is 5.75 Å². The second-order valence-corrected chi connectivity index (χ2v) is 8.16. The third-order valence-electron chi connectivity index (χ3n) is 4.80. The van der Waals surface area contributed by atoms with E-state index >= 15 is 0 Å². The molecular weight excluding hydrogens is 414 g/mol. The molecule has 0 saturated heterocycles. The molecule has 0 fully saturated rings. The summed E-state index contributed by atoms with van der Waals surface area (Å²) in [6.45, 7) is 3.36. The van der Waals surface area contributed by atoms with E-state index in [1.54, 1.807) is 24.3 Å². The van der Waals surface area contributed by atoms with Crippen LogP contribution < -0.4 is 10.1 Å². The summed E-state index contributed by atoms with van der Waals surface area (Å²) >= 11 is 5.93. The molecule has 3 aromatic rings. The summed E-state index contributed by atoms with van der Waals surface area (Å²) in [6.07, 6.45) is 0.287. The number of hydrogen-bond donors (Lipinski definition) is 2. The van der Waals surface area contributed by atoms with Crippen LogP contribution in [0, 0.1) is 0 Å². The lowest BCUT2D eigenvalue weighted by Crippen LogP contribution is -2.37. The highest BCUT2D eigenvalue weighted by Crippen LogP contribution is 2.22. The zero-order valence-corrected chi connectivity index (χ0v) is 18.1. The van der Waals surface area contributed by atoms with E-state index in [9.17, 15) is 9.59 Å². The van der Waals surface area contributed by atoms with Gasteiger partial charge in [0.1, 0.15) is 5.75 Å². The molecule has 3 rings (SSSR count). The van der Waals surface area contributed by atoms with E-state index in [0.717, 1.165) is 22.3 Å². The number of carboxylic acids is 1. The van der Waals surface area contributed by atoms with E-state index in [1.807, 2.05) is 48.5 Å². The average Bonchev–Trinajstić information content (AvgIpc) is 2.74. The predicted molar refractivity (Wildman–Crippen MR) is 121 cm³/mol. The van der Waals surface area contributed by atoms with E-state index in [1.165, 1.54) is 13.8 Å². The van der Waals surface area contributed by atoms with E-state index in [-0.39, 0.29) is 12.3 Å². The molecule has 6 heteroatoms. The van der Waals surface area contributed by atoms with Crippen molar-refractivity contribution in [3.63, 3.8) is 0 Å². The van der Waals surface area contributed by atoms with E-state index in [2.05, 4.69) is 5.32 Å². The third-order valence-corrected chi connectivity index (χ3v) is 5.05. The summed E-state index contributed by atoms with van der Waals surface area (Å²) in [5.41, 5.74) is 2.65. The smallest absolute Gasteiger partial charge is 0.347 e. The lowest BCUT2D eigenvalue weighted by molar-refractivity contribution is -0.152. The fourth-order valence-corrected chi connectivity index (χ4v) is 3.05. The maximum atomic E-state index is 12.3. The van der Waals surface area contributed by atoms with Crippen molar-refractivity contribution < 1.29 is 19.4 Å². The van der Waals surface area contributed by atoms with Gasteiger partial charge in [-0.05, 0) is 60.4 Å². The molecule has 3 aromatic carbocycles. The fraction of sp³-hybridized carbons (Fsp3) is 0.200. The van der Waals surface area contributed by atoms with Crippen molar-refractivity contribution in [2.45, 2.75) is 32.4 Å². The highest BCUT2D eigenvalue weighted by Gasteiger charge is 2.29. The van der Waals surface area contributed by atoms with Gasteiger partial charge < -0.3 is 15.2 Å². The summed E-state index contributed by atoms with van der Waals surface area (Å²) < 4.78 is 5.48. The Morgan fingerprint density at radius 3 is 1.94 bits per heavy atom. The summed E-state index contributed by atoms with van der Waals surface area (Å²) in [6, 6.07) is 22.5. The molecule has 0 atom stereocenters. The minimum atomic E-state index is -1.31. The van der Waals surface area contributed by atoms with Gasteiger partial charge in [-0.25, -0.2) is 4.79 Å². The van der Waals surface area contributed by atoms with Crippen molar-refractivity contribution in [1.82, 2.24) is 5.32 Å². The second kappa shape index (κ2) is 9.67. The van der Waals surface area contributed by atoms with Crippen LogP contribution >= 0.6 is 11.6 Å². The normalized spacial score (nSPS) is 11.1. The van der Waals surface area contributed by atoms with Crippen molar-refractivity contribution in [3.8, 4) is 16.9 Å². The monoisotopic (exact) mass is 437 g/mol. The van der Waals surface area contributed by atoms with Gasteiger partial charge >= 0.3 is 5.97 Å². The Labute approximate surface area is 186 Å². The molecule has 0 heterocycles. The number of aliphatic carboxylic acids is 1. The number of hydrogen-bond acceptors (Lipinski definition) is 3. The topological polar surface area (TPSA) is 75.6 Å². The van der Waals surface area contributed by atoms with Gasteiger partial charge in [0.25, 0.3) is 0 Å². The Morgan fingerprint density at radius 2 is 1.39 bits per heavy atom. The number of ether oxygens (including phenoxy) is 1. The zero-order valence-electron chi connectivity index (χ0n) is 17.4. The molecule has 0 unspecified atom stereocenters. The van der Waals surface area contributed by atoms with Crippen LogP contribution in [0.3, 0.4) is 0 Å². The molecule has 2 N–H and O–H groups in total. The van der Waals surface area contributed by atoms with E-state index in [0.29, 0.717) is 17.3 Å². The highest BCUT2D eigenvalue weighted by atomic mass is 35.5. The SMILES string of the molecule is CC(C)(Oc1ccc(CNC(=O)Cc2ccc(-c3ccc(Cl)cc3)cc2)cc1)C(=O)O. The molecule has 0 aliphatic heterocycles. The number of benzene rings is 3. The van der Waals surface area contributed by atoms with Crippen LogP contribution in [-0.2, 0) is 22.6 Å². The summed E-state index contributed by atoms with van der Waals surface area (Å²) in [5, 5.41) is 12.7. The lowest BCUT2D eigenvalue weighted by Gasteiger charge is -2.21. The maximum absolute atomic E-state index is 12.3. The molecule has 0 spiro atoms. The molecule has 31 heavy (non-hydrogen) atoms. The average molecular weight is 438 g/mol. The van der Waals surface area contributed by atoms with Crippen molar-refractivity contribution in [2.24, 2.45) is 0 Å². The van der Waals surface area contributed by atoms with Gasteiger partial charge in [0.15, 0.2) is 5.60 Å². The molecule has 5 nitrogen and oxygen atoms in total. The number of halogens is 1. The highest BCUT2D eigenvalue weighted by molar-refractivity contribution is 6.30. The Balaban J connectivity index is 1.51. The molecule has 0 aromatic heterocycles. The minimum Gasteiger partial charge on any atom is -0.478 e. The van der Waals surface area contributed by atoms with Crippen molar-refractivity contribution in [1.29, 1.82) is 0 Å². The Hall–Kier alpha value is -3.31. The molecule has 1 amide bonds. The standard InChI is InChI=1S/C25H24ClNO4/c1-25(2,24(29)30)31-22-13-5-18(6-14-22)16-27-23(28)15-17-3-7-19(8-4-17)20-9-11-21(26)12-10-20/h3-14H,15-16H2,1-2H3,(H,27,28)(H,29,30). The first-order valence-corrected chi connectivity index (χ1v) is 10.2. The van der Waals surface area contributed by atoms with E-state index < -0.39 is 11.6 Å². The first-order chi connectivity index (χ1) is 14.7. The van der Waals surface area contributed by atoms with Crippen molar-refractivity contribution in [3.05, 3.63) is 88.9 Å². The van der Waals surface area contributed by atoms with Gasteiger partial charge in [0.2, 0.25) is 5.91 Å². The molecule has 160 valence electrons. The molecule has 0 bridgehead atoms. The predicted octanol–water partition coefficient (Wildman–Crippen LogP) is 5.11. The molecule has 0 aliphatic rings. The molecule has 0 radical (unpaired) electrons. The van der Waals surface area contributed by atoms with Gasteiger partial charge in [0.05, 0.1) is 6.42 Å². The van der Waals surface area contributed by atoms with Crippen LogP contribution in [0.15, 0.2) is 72.8 Å². The first-order valence-electron chi connectivity index (χ1n) is 9.86. The zero-order chi connectivity index (χ0) is 22.4. The lowest BCUT2D eigenvalue weighted by atomic mass is 10.0. The maximum Gasteiger partial charge on any atom is 0.347 e. The Bertz CT molecular complexity index is 1040. The minimum absolute atomic E-state index is 0.0772. The number of amides is 1. The molecule has 0 saturated carbocycles. The molecule has 0 aliphatic carbocycles. The summed E-state index contributed by atoms with van der Waals surface area (Å²) in [4.78, 5) is 23.4. The van der Waals surface area contributed by atoms with Crippen molar-refractivity contribution in [2.75, 3.05) is 0 Å². The Kier molecular flexibility index (Phi) is 6.98. The van der Waals surface area contributed by atoms with Crippen molar-refractivity contribution >= 4 is 23.5 Å². The van der Waals surface area contributed by atoms with Crippen LogP contribution in [0.4, 0.5) is 0 Å². The summed E-state index contributed by atoms with van der Waals surface area (Å²) in [5.74, 6) is -0.653. The van der Waals surface area contributed by atoms with Gasteiger partial charge in [-0.1, -0.05) is 60.1 Å². The largest absolute Gasteiger partial charge is 0.478 e. The second-order valence-electron chi connectivity index (χ2n) is 7.72. The number of nitrogens with one attached hydrogen (secondary N) is 1. The van der Waals surface area contributed by atoms with Crippen LogP contribution in [-0.4, -0.2) is 22.6 Å². The van der Waals surface area contributed by atoms with Gasteiger partial charge in [-0.2, -0.15) is 0 Å². The number of carboxylic acid groups (broad SMARTS) is 1. The van der Waals surface area contributed by atoms with Crippen LogP contribution in [0.1, 0.15) is 25.0 Å². The first kappa shape index (κ1) is 22.4. The number of rotatable bonds is 8. The number of carbonyl (C=O) groups excluding carboxylic acids is 1. The third kappa shape index (κ3) is 6.33. The van der Waals surface area contributed by atoms with Gasteiger partial charge in [-0.15, -0.1) is 0 Å². The fourth-order valence-electron chi connectivity index (χ4n) is 2.92. The Morgan fingerprint density at radius 1 is 0.871 bits per heavy atom.